The van der Waals surface area contributed by atoms with Gasteiger partial charge < -0.3 is 9.84 Å². The monoisotopic (exact) mass is 482 g/mol. The number of rotatable bonds is 5. The quantitative estimate of drug-likeness (QED) is 0.396. The summed E-state index contributed by atoms with van der Waals surface area (Å²) < 4.78 is 5.74. The molecule has 9 heteroatoms. The highest BCUT2D eigenvalue weighted by molar-refractivity contribution is 6.40. The molecule has 1 aliphatic heterocycles. The summed E-state index contributed by atoms with van der Waals surface area (Å²) in [5, 5.41) is 12.0. The minimum absolute atomic E-state index is 0.0330. The molecule has 4 rings (SSSR count). The van der Waals surface area contributed by atoms with Crippen LogP contribution in [-0.4, -0.2) is 23.0 Å². The molecule has 0 spiro atoms. The van der Waals surface area contributed by atoms with Gasteiger partial charge in [0, 0.05) is 0 Å². The molecular weight excluding hydrogens is 467 g/mol. The van der Waals surface area contributed by atoms with Gasteiger partial charge in [-0.15, -0.1) is 0 Å². The molecule has 1 fully saturated rings. The lowest BCUT2D eigenvalue weighted by molar-refractivity contribution is -0.122. The number of phenolic OH excluding ortho intramolecular Hbond substituents is 1. The molecule has 3 aromatic carbocycles. The highest BCUT2D eigenvalue weighted by Crippen LogP contribution is 2.36. The molecular formula is C24H16Cl2N2O5. The molecule has 1 aliphatic rings. The first-order valence-electron chi connectivity index (χ1n) is 9.70. The summed E-state index contributed by atoms with van der Waals surface area (Å²) >= 11 is 12.7. The zero-order valence-electron chi connectivity index (χ0n) is 16.9. The second-order valence-electron chi connectivity index (χ2n) is 7.06. The summed E-state index contributed by atoms with van der Waals surface area (Å²) in [5.41, 5.74) is 1.21. The Hall–Kier alpha value is -3.81. The van der Waals surface area contributed by atoms with E-state index >= 15 is 0 Å². The predicted molar refractivity (Wildman–Crippen MR) is 124 cm³/mol. The topological polar surface area (TPSA) is 95.9 Å². The van der Waals surface area contributed by atoms with Crippen molar-refractivity contribution in [1.29, 1.82) is 0 Å². The van der Waals surface area contributed by atoms with Crippen LogP contribution >= 0.6 is 23.2 Å². The Morgan fingerprint density at radius 3 is 2.21 bits per heavy atom. The van der Waals surface area contributed by atoms with Crippen molar-refractivity contribution in [3.63, 3.8) is 0 Å². The van der Waals surface area contributed by atoms with Crippen molar-refractivity contribution in [2.75, 3.05) is 4.90 Å². The summed E-state index contributed by atoms with van der Waals surface area (Å²) in [6, 6.07) is 17.0. The zero-order valence-corrected chi connectivity index (χ0v) is 18.4. The molecule has 1 saturated heterocycles. The number of amides is 4. The van der Waals surface area contributed by atoms with Crippen LogP contribution in [-0.2, 0) is 16.2 Å². The number of nitrogens with zero attached hydrogens (tertiary/aromatic N) is 1. The third kappa shape index (κ3) is 4.84. The van der Waals surface area contributed by atoms with E-state index in [1.54, 1.807) is 0 Å². The first kappa shape index (κ1) is 22.4. The molecule has 0 radical (unpaired) electrons. The Morgan fingerprint density at radius 1 is 0.939 bits per heavy atom. The van der Waals surface area contributed by atoms with Gasteiger partial charge in [0.15, 0.2) is 5.75 Å². The average Bonchev–Trinajstić information content (AvgIpc) is 2.78. The van der Waals surface area contributed by atoms with E-state index in [4.69, 9.17) is 27.9 Å². The largest absolute Gasteiger partial charge is 0.508 e. The summed E-state index contributed by atoms with van der Waals surface area (Å²) in [6.07, 6.45) is 1.29. The number of anilines is 1. The number of hydrogen-bond donors (Lipinski definition) is 2. The molecule has 0 aliphatic carbocycles. The van der Waals surface area contributed by atoms with Crippen molar-refractivity contribution in [2.45, 2.75) is 6.61 Å². The Kier molecular flexibility index (Phi) is 6.35. The van der Waals surface area contributed by atoms with Gasteiger partial charge in [0.2, 0.25) is 0 Å². The number of hydrogen-bond acceptors (Lipinski definition) is 5. The second kappa shape index (κ2) is 9.36. The number of imide groups is 2. The van der Waals surface area contributed by atoms with Gasteiger partial charge in [-0.25, -0.2) is 9.69 Å². The van der Waals surface area contributed by atoms with Gasteiger partial charge in [0.05, 0.1) is 15.7 Å². The van der Waals surface area contributed by atoms with Crippen LogP contribution in [0.15, 0.2) is 72.3 Å². The Morgan fingerprint density at radius 2 is 1.58 bits per heavy atom. The number of aromatic hydroxyl groups is 1. The van der Waals surface area contributed by atoms with Crippen LogP contribution in [0.1, 0.15) is 11.1 Å². The molecule has 7 nitrogen and oxygen atoms in total. The number of phenols is 1. The van der Waals surface area contributed by atoms with Crippen LogP contribution in [0.5, 0.6) is 11.5 Å². The van der Waals surface area contributed by atoms with Gasteiger partial charge in [0.1, 0.15) is 17.9 Å². The lowest BCUT2D eigenvalue weighted by Crippen LogP contribution is -2.54. The maximum absolute atomic E-state index is 13.0. The number of barbiturate groups is 1. The standard InChI is InChI=1S/C24H16Cl2N2O5/c25-19-11-15(12-20(26)21(19)33-13-14-4-2-1-3-5-14)10-18-22(30)27-24(32)28(23(18)31)16-6-8-17(29)9-7-16/h1-12,29H,13H2,(H,27,30,32). The fourth-order valence-electron chi connectivity index (χ4n) is 3.19. The van der Waals surface area contributed by atoms with Gasteiger partial charge >= 0.3 is 6.03 Å². The first-order chi connectivity index (χ1) is 15.8. The van der Waals surface area contributed by atoms with E-state index in [1.165, 1.54) is 42.5 Å². The van der Waals surface area contributed by atoms with E-state index in [9.17, 15) is 19.5 Å². The summed E-state index contributed by atoms with van der Waals surface area (Å²) in [4.78, 5) is 38.4. The Labute approximate surface area is 198 Å². The predicted octanol–water partition coefficient (Wildman–Crippen LogP) is 4.94. The molecule has 33 heavy (non-hydrogen) atoms. The molecule has 1 heterocycles. The lowest BCUT2D eigenvalue weighted by atomic mass is 10.1. The Bertz CT molecular complexity index is 1250. The van der Waals surface area contributed by atoms with Gasteiger partial charge in [0.25, 0.3) is 11.8 Å². The van der Waals surface area contributed by atoms with Gasteiger partial charge in [-0.05, 0) is 53.6 Å². The van der Waals surface area contributed by atoms with Crippen molar-refractivity contribution < 1.29 is 24.2 Å². The minimum Gasteiger partial charge on any atom is -0.508 e. The number of urea groups is 1. The number of carbonyl (C=O) groups excluding carboxylic acids is 3. The van der Waals surface area contributed by atoms with Crippen LogP contribution in [0.4, 0.5) is 10.5 Å². The van der Waals surface area contributed by atoms with Crippen LogP contribution in [0.2, 0.25) is 10.0 Å². The molecule has 0 aromatic heterocycles. The molecule has 166 valence electrons. The number of ether oxygens (including phenoxy) is 1. The normalized spacial score (nSPS) is 15.0. The maximum atomic E-state index is 13.0. The first-order valence-corrected chi connectivity index (χ1v) is 10.5. The highest BCUT2D eigenvalue weighted by Gasteiger charge is 2.36. The number of halogens is 2. The van der Waals surface area contributed by atoms with Crippen LogP contribution in [0.25, 0.3) is 6.08 Å². The summed E-state index contributed by atoms with van der Waals surface area (Å²) in [6.45, 7) is 0.255. The number of carbonyl (C=O) groups is 3. The molecule has 0 atom stereocenters. The summed E-state index contributed by atoms with van der Waals surface area (Å²) in [5.74, 6) is -1.44. The van der Waals surface area contributed by atoms with Crippen molar-refractivity contribution >= 4 is 52.8 Å². The molecule has 0 bridgehead atoms. The SMILES string of the molecule is O=C1NC(=O)N(c2ccc(O)cc2)C(=O)C1=Cc1cc(Cl)c(OCc2ccccc2)c(Cl)c1. The molecule has 0 unspecified atom stereocenters. The van der Waals surface area contributed by atoms with E-state index in [2.05, 4.69) is 5.32 Å². The molecule has 2 N–H and O–H groups in total. The van der Waals surface area contributed by atoms with Gasteiger partial charge in [-0.3, -0.25) is 14.9 Å². The van der Waals surface area contributed by atoms with Crippen molar-refractivity contribution in [3.05, 3.63) is 93.5 Å². The van der Waals surface area contributed by atoms with Gasteiger partial charge in [-0.1, -0.05) is 53.5 Å². The zero-order chi connectivity index (χ0) is 23.5. The lowest BCUT2D eigenvalue weighted by Gasteiger charge is -2.26. The van der Waals surface area contributed by atoms with Crippen LogP contribution in [0.3, 0.4) is 0 Å². The fraction of sp³-hybridized carbons (Fsp3) is 0.0417. The van der Waals surface area contributed by atoms with Crippen LogP contribution < -0.4 is 15.0 Å². The molecule has 0 saturated carbocycles. The third-order valence-corrected chi connectivity index (χ3v) is 5.33. The van der Waals surface area contributed by atoms with E-state index in [0.717, 1.165) is 10.5 Å². The van der Waals surface area contributed by atoms with Crippen molar-refractivity contribution in [1.82, 2.24) is 5.32 Å². The van der Waals surface area contributed by atoms with E-state index in [1.807, 2.05) is 30.3 Å². The second-order valence-corrected chi connectivity index (χ2v) is 7.88. The van der Waals surface area contributed by atoms with Gasteiger partial charge in [-0.2, -0.15) is 0 Å². The third-order valence-electron chi connectivity index (χ3n) is 4.77. The van der Waals surface area contributed by atoms with E-state index in [0.29, 0.717) is 5.56 Å². The number of nitrogens with one attached hydrogen (secondary N) is 1. The Balaban J connectivity index is 1.61. The van der Waals surface area contributed by atoms with Crippen molar-refractivity contribution in [2.24, 2.45) is 0 Å². The molecule has 4 amide bonds. The average molecular weight is 483 g/mol. The van der Waals surface area contributed by atoms with Crippen molar-refractivity contribution in [3.8, 4) is 11.5 Å². The highest BCUT2D eigenvalue weighted by atomic mass is 35.5. The number of benzene rings is 3. The molecule has 3 aromatic rings. The van der Waals surface area contributed by atoms with E-state index < -0.39 is 17.8 Å². The fourth-order valence-corrected chi connectivity index (χ4v) is 3.80. The minimum atomic E-state index is -0.895. The maximum Gasteiger partial charge on any atom is 0.335 e. The van der Waals surface area contributed by atoms with E-state index in [-0.39, 0.29) is 39.4 Å². The van der Waals surface area contributed by atoms with Crippen LogP contribution in [0, 0.1) is 0 Å². The smallest absolute Gasteiger partial charge is 0.335 e. The summed E-state index contributed by atoms with van der Waals surface area (Å²) in [7, 11) is 0.